The second kappa shape index (κ2) is 3.18. The van der Waals surface area contributed by atoms with Crippen molar-refractivity contribution in [2.24, 2.45) is 0 Å². The quantitative estimate of drug-likeness (QED) is 0.473. The van der Waals surface area contributed by atoms with E-state index in [-0.39, 0.29) is 12.2 Å². The minimum Gasteiger partial charge on any atom is -0.393 e. The van der Waals surface area contributed by atoms with Crippen LogP contribution < -0.4 is 0 Å². The van der Waals surface area contributed by atoms with Crippen molar-refractivity contribution in [3.05, 3.63) is 0 Å². The van der Waals surface area contributed by atoms with Crippen molar-refractivity contribution in [1.29, 1.82) is 0 Å². The first-order chi connectivity index (χ1) is 4.29. The molecule has 0 radical (unpaired) electrons. The highest BCUT2D eigenvalue weighted by atomic mass is 16.3. The van der Waals surface area contributed by atoms with Gasteiger partial charge in [-0.25, -0.2) is 0 Å². The summed E-state index contributed by atoms with van der Waals surface area (Å²) in [6, 6.07) is 0. The fourth-order valence-electron chi connectivity index (χ4n) is 1.31. The summed E-state index contributed by atoms with van der Waals surface area (Å²) in [5.74, 6) is 0. The molecule has 54 valence electrons. The van der Waals surface area contributed by atoms with Crippen molar-refractivity contribution in [3.8, 4) is 0 Å². The van der Waals surface area contributed by atoms with Crippen molar-refractivity contribution in [2.45, 2.75) is 44.3 Å². The number of aliphatic hydroxyl groups excluding tert-OH is 2. The Bertz CT molecular complexity index is 73.0. The Hall–Kier alpha value is -0.0800. The lowest BCUT2D eigenvalue weighted by Crippen LogP contribution is -2.13. The second-order valence-electron chi connectivity index (χ2n) is 2.83. The Morgan fingerprint density at radius 1 is 0.889 bits per heavy atom. The molecule has 1 saturated carbocycles. The van der Waals surface area contributed by atoms with E-state index in [9.17, 15) is 0 Å². The molecular weight excluding hydrogens is 116 g/mol. The number of aliphatic hydroxyl groups is 2. The summed E-state index contributed by atoms with van der Waals surface area (Å²) in [7, 11) is 0. The normalized spacial score (nSPS) is 38.0. The van der Waals surface area contributed by atoms with Crippen molar-refractivity contribution in [3.63, 3.8) is 0 Å². The molecule has 1 aliphatic carbocycles. The Kier molecular flexibility index (Phi) is 2.49. The van der Waals surface area contributed by atoms with Gasteiger partial charge in [-0.05, 0) is 19.3 Å². The van der Waals surface area contributed by atoms with Crippen LogP contribution in [0.3, 0.4) is 0 Å². The van der Waals surface area contributed by atoms with Crippen molar-refractivity contribution < 1.29 is 10.2 Å². The van der Waals surface area contributed by atoms with Crippen molar-refractivity contribution in [1.82, 2.24) is 0 Å². The summed E-state index contributed by atoms with van der Waals surface area (Å²) in [5.41, 5.74) is 0. The second-order valence-corrected chi connectivity index (χ2v) is 2.83. The van der Waals surface area contributed by atoms with Gasteiger partial charge in [-0.15, -0.1) is 0 Å². The van der Waals surface area contributed by atoms with Gasteiger partial charge in [-0.2, -0.15) is 0 Å². The third kappa shape index (κ3) is 2.33. The third-order valence-corrected chi connectivity index (χ3v) is 1.87. The molecule has 1 rings (SSSR count). The van der Waals surface area contributed by atoms with Crippen LogP contribution in [0.15, 0.2) is 0 Å². The molecule has 1 aliphatic rings. The van der Waals surface area contributed by atoms with Crippen molar-refractivity contribution >= 4 is 0 Å². The van der Waals surface area contributed by atoms with E-state index in [1.54, 1.807) is 0 Å². The first-order valence-corrected chi connectivity index (χ1v) is 3.65. The maximum Gasteiger partial charge on any atom is 0.0564 e. The monoisotopic (exact) mass is 130 g/mol. The highest BCUT2D eigenvalue weighted by molar-refractivity contribution is 4.68. The first-order valence-electron chi connectivity index (χ1n) is 3.65. The maximum absolute atomic E-state index is 9.10. The lowest BCUT2D eigenvalue weighted by molar-refractivity contribution is 0.0848. The molecule has 0 spiro atoms. The van der Waals surface area contributed by atoms with Crippen molar-refractivity contribution in [2.75, 3.05) is 0 Å². The van der Waals surface area contributed by atoms with Gasteiger partial charge in [0.25, 0.3) is 0 Å². The average Bonchev–Trinajstić information content (AvgIpc) is 1.93. The maximum atomic E-state index is 9.10. The van der Waals surface area contributed by atoms with E-state index >= 15 is 0 Å². The molecule has 0 aromatic carbocycles. The summed E-state index contributed by atoms with van der Waals surface area (Å²) < 4.78 is 0. The molecule has 1 fully saturated rings. The van der Waals surface area contributed by atoms with Crippen LogP contribution in [0.2, 0.25) is 0 Å². The SMILES string of the molecule is OC1CCCCC(O)C1. The van der Waals surface area contributed by atoms with Crippen LogP contribution in [0.25, 0.3) is 0 Å². The summed E-state index contributed by atoms with van der Waals surface area (Å²) in [4.78, 5) is 0. The molecule has 0 aromatic rings. The van der Waals surface area contributed by atoms with Gasteiger partial charge in [0.05, 0.1) is 12.2 Å². The molecule has 2 nitrogen and oxygen atoms in total. The predicted octanol–water partition coefficient (Wildman–Crippen LogP) is 0.672. The fraction of sp³-hybridized carbons (Fsp3) is 1.00. The van der Waals surface area contributed by atoms with Crippen LogP contribution in [0.1, 0.15) is 32.1 Å². The minimum atomic E-state index is -0.248. The van der Waals surface area contributed by atoms with Gasteiger partial charge in [0, 0.05) is 0 Å². The smallest absolute Gasteiger partial charge is 0.0564 e. The zero-order chi connectivity index (χ0) is 6.69. The third-order valence-electron chi connectivity index (χ3n) is 1.87. The van der Waals surface area contributed by atoms with E-state index in [2.05, 4.69) is 0 Å². The van der Waals surface area contributed by atoms with E-state index in [0.717, 1.165) is 25.7 Å². The Balaban J connectivity index is 2.29. The summed E-state index contributed by atoms with van der Waals surface area (Å²) in [5, 5.41) is 18.2. The zero-order valence-electron chi connectivity index (χ0n) is 5.58. The van der Waals surface area contributed by atoms with Gasteiger partial charge in [-0.3, -0.25) is 0 Å². The van der Waals surface area contributed by atoms with E-state index in [4.69, 9.17) is 10.2 Å². The average molecular weight is 130 g/mol. The molecule has 0 aliphatic heterocycles. The van der Waals surface area contributed by atoms with E-state index in [1.807, 2.05) is 0 Å². The van der Waals surface area contributed by atoms with Gasteiger partial charge in [0.15, 0.2) is 0 Å². The molecule has 0 heterocycles. The first kappa shape index (κ1) is 7.03. The van der Waals surface area contributed by atoms with Crippen LogP contribution >= 0.6 is 0 Å². The molecule has 2 N–H and O–H groups in total. The molecule has 2 unspecified atom stereocenters. The molecular formula is C7H14O2. The Labute approximate surface area is 55.5 Å². The van der Waals surface area contributed by atoms with E-state index in [1.165, 1.54) is 0 Å². The van der Waals surface area contributed by atoms with Crippen LogP contribution in [0, 0.1) is 0 Å². The lowest BCUT2D eigenvalue weighted by Gasteiger charge is -2.08. The topological polar surface area (TPSA) is 40.5 Å². The summed E-state index contributed by atoms with van der Waals surface area (Å²) in [6.45, 7) is 0. The Morgan fingerprint density at radius 2 is 1.33 bits per heavy atom. The standard InChI is InChI=1S/C7H14O2/c8-6-3-1-2-4-7(9)5-6/h6-9H,1-5H2. The number of rotatable bonds is 0. The molecule has 2 atom stereocenters. The minimum absolute atomic E-state index is 0.248. The molecule has 0 amide bonds. The van der Waals surface area contributed by atoms with Crippen LogP contribution in [-0.4, -0.2) is 22.4 Å². The van der Waals surface area contributed by atoms with Gasteiger partial charge in [-0.1, -0.05) is 12.8 Å². The van der Waals surface area contributed by atoms with Crippen LogP contribution in [-0.2, 0) is 0 Å². The molecule has 0 saturated heterocycles. The number of hydrogen-bond acceptors (Lipinski definition) is 2. The summed E-state index contributed by atoms with van der Waals surface area (Å²) >= 11 is 0. The largest absolute Gasteiger partial charge is 0.393 e. The number of hydrogen-bond donors (Lipinski definition) is 2. The predicted molar refractivity (Wildman–Crippen MR) is 35.1 cm³/mol. The molecule has 2 heteroatoms. The van der Waals surface area contributed by atoms with Gasteiger partial charge in [0.1, 0.15) is 0 Å². The zero-order valence-corrected chi connectivity index (χ0v) is 5.58. The van der Waals surface area contributed by atoms with Gasteiger partial charge in [0.2, 0.25) is 0 Å². The summed E-state index contributed by atoms with van der Waals surface area (Å²) in [6.07, 6.45) is 3.97. The molecule has 9 heavy (non-hydrogen) atoms. The van der Waals surface area contributed by atoms with Crippen LogP contribution in [0.5, 0.6) is 0 Å². The van der Waals surface area contributed by atoms with E-state index in [0.29, 0.717) is 6.42 Å². The van der Waals surface area contributed by atoms with Gasteiger partial charge >= 0.3 is 0 Å². The fourth-order valence-corrected chi connectivity index (χ4v) is 1.31. The highest BCUT2D eigenvalue weighted by Gasteiger charge is 2.14. The highest BCUT2D eigenvalue weighted by Crippen LogP contribution is 2.17. The van der Waals surface area contributed by atoms with Crippen LogP contribution in [0.4, 0.5) is 0 Å². The lowest BCUT2D eigenvalue weighted by atomic mass is 10.1. The van der Waals surface area contributed by atoms with Gasteiger partial charge < -0.3 is 10.2 Å². The van der Waals surface area contributed by atoms with E-state index < -0.39 is 0 Å². The molecule has 0 bridgehead atoms. The molecule has 0 aromatic heterocycles. The Morgan fingerprint density at radius 3 is 1.78 bits per heavy atom.